The van der Waals surface area contributed by atoms with Crippen LogP contribution >= 0.6 is 0 Å². The first-order valence-electron chi connectivity index (χ1n) is 9.57. The predicted octanol–water partition coefficient (Wildman–Crippen LogP) is 2.62. The van der Waals surface area contributed by atoms with Gasteiger partial charge in [-0.25, -0.2) is 9.97 Å². The molecule has 2 aromatic rings. The number of hydrogen-bond donors (Lipinski definition) is 0. The number of piperidine rings is 1. The van der Waals surface area contributed by atoms with Crippen LogP contribution in [0.15, 0.2) is 36.5 Å². The van der Waals surface area contributed by atoms with E-state index in [-0.39, 0.29) is 17.8 Å². The van der Waals surface area contributed by atoms with Crippen LogP contribution in [0.4, 0.5) is 5.82 Å². The van der Waals surface area contributed by atoms with Crippen molar-refractivity contribution in [1.29, 1.82) is 0 Å². The molecular weight excluding hydrogens is 356 g/mol. The number of esters is 1. The van der Waals surface area contributed by atoms with Crippen molar-refractivity contribution in [2.24, 2.45) is 5.92 Å². The Bertz CT molecular complexity index is 839. The third-order valence-electron chi connectivity index (χ3n) is 4.78. The predicted molar refractivity (Wildman–Crippen MR) is 107 cm³/mol. The highest BCUT2D eigenvalue weighted by atomic mass is 16.5. The number of amides is 1. The van der Waals surface area contributed by atoms with E-state index in [0.29, 0.717) is 36.9 Å². The molecule has 148 valence electrons. The Kier molecular flexibility index (Phi) is 6.23. The van der Waals surface area contributed by atoms with Gasteiger partial charge in [-0.2, -0.15) is 0 Å². The SMILES string of the molecule is CCOC(=O)[C@@H]1CCCN(C(=O)c2cnc(-c3ccccc3)nc2N(C)C)C1. The van der Waals surface area contributed by atoms with Crippen molar-refractivity contribution < 1.29 is 14.3 Å². The summed E-state index contributed by atoms with van der Waals surface area (Å²) < 4.78 is 5.13. The molecule has 0 bridgehead atoms. The summed E-state index contributed by atoms with van der Waals surface area (Å²) >= 11 is 0. The maximum atomic E-state index is 13.2. The Morgan fingerprint density at radius 1 is 1.25 bits per heavy atom. The van der Waals surface area contributed by atoms with E-state index in [1.54, 1.807) is 18.0 Å². The van der Waals surface area contributed by atoms with Crippen LogP contribution in [0, 0.1) is 5.92 Å². The summed E-state index contributed by atoms with van der Waals surface area (Å²) in [5, 5.41) is 0. The van der Waals surface area contributed by atoms with Crippen LogP contribution in [-0.4, -0.2) is 60.5 Å². The summed E-state index contributed by atoms with van der Waals surface area (Å²) in [4.78, 5) is 37.8. The summed E-state index contributed by atoms with van der Waals surface area (Å²) in [7, 11) is 3.71. The molecule has 0 N–H and O–H groups in total. The maximum Gasteiger partial charge on any atom is 0.310 e. The topological polar surface area (TPSA) is 75.6 Å². The Balaban J connectivity index is 1.85. The molecule has 1 aliphatic heterocycles. The van der Waals surface area contributed by atoms with Crippen molar-refractivity contribution in [3.05, 3.63) is 42.1 Å². The lowest BCUT2D eigenvalue weighted by atomic mass is 9.97. The summed E-state index contributed by atoms with van der Waals surface area (Å²) in [6, 6.07) is 9.66. The van der Waals surface area contributed by atoms with E-state index < -0.39 is 0 Å². The van der Waals surface area contributed by atoms with Gasteiger partial charge in [0.25, 0.3) is 5.91 Å². The van der Waals surface area contributed by atoms with Gasteiger partial charge in [-0.05, 0) is 19.8 Å². The Morgan fingerprint density at radius 2 is 2.00 bits per heavy atom. The Morgan fingerprint density at radius 3 is 2.68 bits per heavy atom. The molecule has 2 heterocycles. The third-order valence-corrected chi connectivity index (χ3v) is 4.78. The highest BCUT2D eigenvalue weighted by Crippen LogP contribution is 2.25. The minimum absolute atomic E-state index is 0.155. The van der Waals surface area contributed by atoms with Crippen molar-refractivity contribution >= 4 is 17.7 Å². The fourth-order valence-corrected chi connectivity index (χ4v) is 3.38. The summed E-state index contributed by atoms with van der Waals surface area (Å²) in [6.45, 7) is 3.12. The molecule has 1 amide bonds. The van der Waals surface area contributed by atoms with Crippen LogP contribution in [0.5, 0.6) is 0 Å². The van der Waals surface area contributed by atoms with Gasteiger partial charge < -0.3 is 14.5 Å². The molecule has 0 radical (unpaired) electrons. The number of carbonyl (C=O) groups is 2. The summed E-state index contributed by atoms with van der Waals surface area (Å²) in [5.74, 6) is 0.479. The molecule has 0 unspecified atom stereocenters. The van der Waals surface area contributed by atoms with E-state index in [2.05, 4.69) is 9.97 Å². The average Bonchev–Trinajstić information content (AvgIpc) is 2.73. The van der Waals surface area contributed by atoms with Crippen molar-refractivity contribution in [3.63, 3.8) is 0 Å². The van der Waals surface area contributed by atoms with Gasteiger partial charge in [0, 0.05) is 38.9 Å². The van der Waals surface area contributed by atoms with E-state index in [1.165, 1.54) is 0 Å². The molecule has 1 saturated heterocycles. The molecule has 0 aliphatic carbocycles. The second-order valence-electron chi connectivity index (χ2n) is 7.03. The molecule has 0 spiro atoms. The number of nitrogens with zero attached hydrogens (tertiary/aromatic N) is 4. The highest BCUT2D eigenvalue weighted by Gasteiger charge is 2.31. The largest absolute Gasteiger partial charge is 0.466 e. The van der Waals surface area contributed by atoms with Crippen LogP contribution < -0.4 is 4.90 Å². The summed E-state index contributed by atoms with van der Waals surface area (Å²) in [5.41, 5.74) is 1.33. The molecule has 0 saturated carbocycles. The zero-order valence-corrected chi connectivity index (χ0v) is 16.6. The van der Waals surface area contributed by atoms with Crippen molar-refractivity contribution in [2.75, 3.05) is 38.7 Å². The average molecular weight is 382 g/mol. The van der Waals surface area contributed by atoms with Gasteiger partial charge in [0.05, 0.1) is 12.5 Å². The third kappa shape index (κ3) is 4.30. The minimum atomic E-state index is -0.273. The van der Waals surface area contributed by atoms with Crippen molar-refractivity contribution in [3.8, 4) is 11.4 Å². The number of anilines is 1. The van der Waals surface area contributed by atoms with E-state index in [1.807, 2.05) is 49.3 Å². The molecule has 1 fully saturated rings. The van der Waals surface area contributed by atoms with Crippen molar-refractivity contribution in [2.45, 2.75) is 19.8 Å². The van der Waals surface area contributed by atoms with Gasteiger partial charge in [-0.15, -0.1) is 0 Å². The fourth-order valence-electron chi connectivity index (χ4n) is 3.38. The minimum Gasteiger partial charge on any atom is -0.466 e. The first-order chi connectivity index (χ1) is 13.5. The molecule has 1 aromatic carbocycles. The van der Waals surface area contributed by atoms with Gasteiger partial charge in [0.15, 0.2) is 5.82 Å². The number of rotatable bonds is 5. The molecule has 3 rings (SSSR count). The van der Waals surface area contributed by atoms with Gasteiger partial charge in [0.1, 0.15) is 11.4 Å². The second kappa shape index (κ2) is 8.82. The standard InChI is InChI=1S/C21H26N4O3/c1-4-28-21(27)16-11-8-12-25(14-16)20(26)17-13-22-18(23-19(17)24(2)3)15-9-6-5-7-10-15/h5-7,9-10,13,16H,4,8,11-12,14H2,1-3H3/t16-/m1/s1. The molecule has 7 nitrogen and oxygen atoms in total. The lowest BCUT2D eigenvalue weighted by Crippen LogP contribution is -2.43. The molecule has 28 heavy (non-hydrogen) atoms. The lowest BCUT2D eigenvalue weighted by Gasteiger charge is -2.32. The fraction of sp³-hybridized carbons (Fsp3) is 0.429. The monoisotopic (exact) mass is 382 g/mol. The first-order valence-corrected chi connectivity index (χ1v) is 9.57. The smallest absolute Gasteiger partial charge is 0.310 e. The van der Waals surface area contributed by atoms with Crippen molar-refractivity contribution in [1.82, 2.24) is 14.9 Å². The quantitative estimate of drug-likeness (QED) is 0.740. The normalized spacial score (nSPS) is 16.5. The Hall–Kier alpha value is -2.96. The van der Waals surface area contributed by atoms with Crippen LogP contribution in [0.1, 0.15) is 30.1 Å². The Labute approximate surface area is 165 Å². The van der Waals surface area contributed by atoms with Gasteiger partial charge in [-0.3, -0.25) is 9.59 Å². The lowest BCUT2D eigenvalue weighted by molar-refractivity contribution is -0.149. The van der Waals surface area contributed by atoms with E-state index in [9.17, 15) is 9.59 Å². The molecule has 1 aromatic heterocycles. The van der Waals surface area contributed by atoms with Crippen LogP contribution in [0.2, 0.25) is 0 Å². The zero-order valence-electron chi connectivity index (χ0n) is 16.6. The van der Waals surface area contributed by atoms with Gasteiger partial charge in [-0.1, -0.05) is 30.3 Å². The number of benzene rings is 1. The number of ether oxygens (including phenoxy) is 1. The molecule has 7 heteroatoms. The van der Waals surface area contributed by atoms with Gasteiger partial charge >= 0.3 is 5.97 Å². The molecule has 1 atom stereocenters. The van der Waals surface area contributed by atoms with Gasteiger partial charge in [0.2, 0.25) is 0 Å². The zero-order chi connectivity index (χ0) is 20.1. The summed E-state index contributed by atoms with van der Waals surface area (Å²) in [6.07, 6.45) is 3.10. The highest BCUT2D eigenvalue weighted by molar-refractivity contribution is 5.99. The number of carbonyl (C=O) groups excluding carboxylic acids is 2. The van der Waals surface area contributed by atoms with E-state index in [0.717, 1.165) is 18.4 Å². The number of aromatic nitrogens is 2. The van der Waals surface area contributed by atoms with Crippen LogP contribution in [-0.2, 0) is 9.53 Å². The molecular formula is C21H26N4O3. The van der Waals surface area contributed by atoms with E-state index in [4.69, 9.17) is 4.74 Å². The molecule has 1 aliphatic rings. The van der Waals surface area contributed by atoms with Crippen LogP contribution in [0.25, 0.3) is 11.4 Å². The van der Waals surface area contributed by atoms with Crippen LogP contribution in [0.3, 0.4) is 0 Å². The van der Waals surface area contributed by atoms with E-state index >= 15 is 0 Å². The second-order valence-corrected chi connectivity index (χ2v) is 7.03. The number of hydrogen-bond acceptors (Lipinski definition) is 6. The maximum absolute atomic E-state index is 13.2. The number of likely N-dealkylation sites (tertiary alicyclic amines) is 1. The first kappa shape index (κ1) is 19.8.